The Hall–Kier alpha value is -1.73. The fourth-order valence-corrected chi connectivity index (χ4v) is 10.9. The lowest BCUT2D eigenvalue weighted by molar-refractivity contribution is -0.140. The highest BCUT2D eigenvalue weighted by Gasteiger charge is 2.60. The van der Waals surface area contributed by atoms with Crippen molar-refractivity contribution < 1.29 is 22.6 Å². The van der Waals surface area contributed by atoms with E-state index in [2.05, 4.69) is 26.1 Å². The Kier molecular flexibility index (Phi) is 8.56. The molecule has 0 saturated heterocycles. The molecule has 0 spiro atoms. The van der Waals surface area contributed by atoms with Gasteiger partial charge in [-0.1, -0.05) is 51.1 Å². The number of benzene rings is 1. The quantitative estimate of drug-likeness (QED) is 0.342. The van der Waals surface area contributed by atoms with E-state index in [0.717, 1.165) is 49.0 Å². The fraction of sp³-hybridized carbons (Fsp3) is 0.758. The number of hydrogen-bond donors (Lipinski definition) is 2. The van der Waals surface area contributed by atoms with Crippen LogP contribution in [-0.2, 0) is 26.1 Å². The second-order valence-corrected chi connectivity index (χ2v) is 15.8. The largest absolute Gasteiger partial charge is 0.352 e. The number of hydrogen-bond acceptors (Lipinski definition) is 4. The number of ketones is 1. The second-order valence-electron chi connectivity index (χ2n) is 14.3. The molecule has 2 N–H and O–H groups in total. The molecular weight excluding hydrogens is 522 g/mol. The van der Waals surface area contributed by atoms with Gasteiger partial charge in [0, 0.05) is 25.3 Å². The maximum atomic E-state index is 13.0. The molecule has 0 aromatic heterocycles. The molecule has 1 aromatic carbocycles. The molecule has 5 rings (SSSR count). The monoisotopic (exact) mass is 571 g/mol. The number of carbonyl (C=O) groups is 2. The van der Waals surface area contributed by atoms with Gasteiger partial charge >= 0.3 is 0 Å². The van der Waals surface area contributed by atoms with Gasteiger partial charge in [-0.15, -0.1) is 0 Å². The van der Waals surface area contributed by atoms with Crippen LogP contribution in [0.3, 0.4) is 0 Å². The van der Waals surface area contributed by atoms with Crippen LogP contribution in [0.1, 0.15) is 97.0 Å². The number of nitrogens with one attached hydrogen (secondary N) is 1. The average molecular weight is 572 g/mol. The van der Waals surface area contributed by atoms with Gasteiger partial charge in [0.05, 0.1) is 5.75 Å². The highest BCUT2D eigenvalue weighted by atomic mass is 32.2. The maximum absolute atomic E-state index is 13.0. The van der Waals surface area contributed by atoms with Crippen molar-refractivity contribution in [3.63, 3.8) is 0 Å². The number of carbonyl (C=O) groups excluding carboxylic acids is 2. The molecule has 0 bridgehead atoms. The molecule has 9 unspecified atom stereocenters. The van der Waals surface area contributed by atoms with Crippen molar-refractivity contribution in [3.8, 4) is 0 Å². The summed E-state index contributed by atoms with van der Waals surface area (Å²) >= 11 is 0. The van der Waals surface area contributed by atoms with Crippen LogP contribution in [0.5, 0.6) is 0 Å². The number of fused-ring (bicyclic) bond motifs is 5. The lowest BCUT2D eigenvalue weighted by Crippen LogP contribution is -2.53. The van der Waals surface area contributed by atoms with Gasteiger partial charge < -0.3 is 5.32 Å². The Labute approximate surface area is 241 Å². The van der Waals surface area contributed by atoms with E-state index in [1.807, 2.05) is 30.3 Å². The molecule has 0 heterocycles. The third-order valence-corrected chi connectivity index (χ3v) is 13.0. The minimum Gasteiger partial charge on any atom is -0.352 e. The molecule has 1 aromatic rings. The lowest BCUT2D eigenvalue weighted by Gasteiger charge is -2.60. The van der Waals surface area contributed by atoms with Crippen LogP contribution in [0.2, 0.25) is 0 Å². The molecule has 9 atom stereocenters. The zero-order valence-electron chi connectivity index (χ0n) is 24.6. The van der Waals surface area contributed by atoms with E-state index in [-0.39, 0.29) is 5.91 Å². The molecule has 7 heteroatoms. The van der Waals surface area contributed by atoms with Crippen molar-refractivity contribution in [3.05, 3.63) is 35.9 Å². The summed E-state index contributed by atoms with van der Waals surface area (Å²) < 4.78 is 32.7. The van der Waals surface area contributed by atoms with Crippen LogP contribution in [0.15, 0.2) is 30.3 Å². The summed E-state index contributed by atoms with van der Waals surface area (Å²) in [5.74, 6) is 3.72. The fourth-order valence-electron chi connectivity index (χ4n) is 10.2. The van der Waals surface area contributed by atoms with Gasteiger partial charge in [-0.25, -0.2) is 0 Å². The van der Waals surface area contributed by atoms with Crippen molar-refractivity contribution in [1.29, 1.82) is 0 Å². The Morgan fingerprint density at radius 2 is 1.75 bits per heavy atom. The first-order valence-electron chi connectivity index (χ1n) is 15.7. The zero-order valence-corrected chi connectivity index (χ0v) is 25.4. The normalized spacial score (nSPS) is 37.1. The molecule has 40 heavy (non-hydrogen) atoms. The standard InChI is InChI=1S/C33H49NO5S/c1-22(9-14-31(36)34-25(21-40(37,38)39)19-23-7-5-4-6-8-23)28-12-13-29-27-11-10-24-20-26(35)15-17-32(24,2)30(27)16-18-33(28,29)3/h4-8,22,24-25,27-30H,9-21H2,1-3H3,(H,34,36)(H,37,38,39). The minimum absolute atomic E-state index is 0.141. The number of rotatable bonds is 9. The first-order chi connectivity index (χ1) is 18.9. The summed E-state index contributed by atoms with van der Waals surface area (Å²) in [5.41, 5.74) is 1.57. The summed E-state index contributed by atoms with van der Waals surface area (Å²) in [4.78, 5) is 25.2. The van der Waals surface area contributed by atoms with Crippen LogP contribution in [0.4, 0.5) is 0 Å². The third-order valence-electron chi connectivity index (χ3n) is 12.2. The molecule has 4 fully saturated rings. The van der Waals surface area contributed by atoms with Crippen molar-refractivity contribution in [1.82, 2.24) is 5.32 Å². The van der Waals surface area contributed by atoms with Crippen LogP contribution < -0.4 is 5.32 Å². The second kappa shape index (κ2) is 11.5. The summed E-state index contributed by atoms with van der Waals surface area (Å²) in [6.07, 6.45) is 11.7. The molecule has 6 nitrogen and oxygen atoms in total. The van der Waals surface area contributed by atoms with Gasteiger partial charge in [0.1, 0.15) is 5.78 Å². The van der Waals surface area contributed by atoms with Gasteiger partial charge in [-0.3, -0.25) is 14.1 Å². The first-order valence-corrected chi connectivity index (χ1v) is 17.3. The average Bonchev–Trinajstić information content (AvgIpc) is 3.24. The molecule has 0 aliphatic heterocycles. The summed E-state index contributed by atoms with van der Waals surface area (Å²) in [6.45, 7) is 7.34. The number of amides is 1. The Morgan fingerprint density at radius 1 is 1.02 bits per heavy atom. The van der Waals surface area contributed by atoms with Gasteiger partial charge in [-0.05, 0) is 110 Å². The lowest BCUT2D eigenvalue weighted by atomic mass is 9.44. The van der Waals surface area contributed by atoms with E-state index in [1.54, 1.807) is 0 Å². The predicted molar refractivity (Wildman–Crippen MR) is 157 cm³/mol. The summed E-state index contributed by atoms with van der Waals surface area (Å²) in [6, 6.07) is 8.80. The van der Waals surface area contributed by atoms with E-state index in [4.69, 9.17) is 0 Å². The SMILES string of the molecule is CC(CCC(=O)NC(Cc1ccccc1)CS(=O)(=O)O)C1CCC2C3CCC4CC(=O)CCC4(C)C3CCC12C. The molecule has 4 aliphatic rings. The topological polar surface area (TPSA) is 101 Å². The molecule has 1 amide bonds. The van der Waals surface area contributed by atoms with E-state index in [0.29, 0.717) is 47.2 Å². The highest BCUT2D eigenvalue weighted by molar-refractivity contribution is 7.85. The van der Waals surface area contributed by atoms with Crippen molar-refractivity contribution in [2.45, 2.75) is 104 Å². The number of Topliss-reactive ketones (excluding diaryl/α,β-unsaturated/α-hetero) is 1. The van der Waals surface area contributed by atoms with Crippen LogP contribution in [0.25, 0.3) is 0 Å². The zero-order chi connectivity index (χ0) is 28.7. The molecule has 4 aliphatic carbocycles. The minimum atomic E-state index is -4.21. The highest BCUT2D eigenvalue weighted by Crippen LogP contribution is 2.68. The Balaban J connectivity index is 1.19. The van der Waals surface area contributed by atoms with Crippen molar-refractivity contribution >= 4 is 21.8 Å². The van der Waals surface area contributed by atoms with Gasteiger partial charge in [0.25, 0.3) is 10.1 Å². The van der Waals surface area contributed by atoms with Crippen LogP contribution >= 0.6 is 0 Å². The molecule has 0 radical (unpaired) electrons. The molecule has 222 valence electrons. The Bertz CT molecular complexity index is 1180. The van der Waals surface area contributed by atoms with Gasteiger partial charge in [0.15, 0.2) is 0 Å². The first kappa shape index (κ1) is 29.8. The van der Waals surface area contributed by atoms with E-state index < -0.39 is 21.9 Å². The predicted octanol–water partition coefficient (Wildman–Crippen LogP) is 6.25. The van der Waals surface area contributed by atoms with Crippen LogP contribution in [-0.4, -0.2) is 36.5 Å². The summed E-state index contributed by atoms with van der Waals surface area (Å²) in [5, 5.41) is 2.90. The van der Waals surface area contributed by atoms with E-state index >= 15 is 0 Å². The van der Waals surface area contributed by atoms with Crippen molar-refractivity contribution in [2.75, 3.05) is 5.75 Å². The molecular formula is C33H49NO5S. The smallest absolute Gasteiger partial charge is 0.266 e. The van der Waals surface area contributed by atoms with Gasteiger partial charge in [0.2, 0.25) is 5.91 Å². The van der Waals surface area contributed by atoms with Gasteiger partial charge in [-0.2, -0.15) is 8.42 Å². The maximum Gasteiger partial charge on any atom is 0.266 e. The van der Waals surface area contributed by atoms with Crippen LogP contribution in [0, 0.1) is 46.3 Å². The van der Waals surface area contributed by atoms with Crippen molar-refractivity contribution in [2.24, 2.45) is 46.3 Å². The van der Waals surface area contributed by atoms with E-state index in [1.165, 1.54) is 38.5 Å². The summed E-state index contributed by atoms with van der Waals surface area (Å²) in [7, 11) is -4.21. The third kappa shape index (κ3) is 6.06. The van der Waals surface area contributed by atoms with E-state index in [9.17, 15) is 22.6 Å². The molecule has 4 saturated carbocycles. The Morgan fingerprint density at radius 3 is 2.48 bits per heavy atom.